The lowest BCUT2D eigenvalue weighted by atomic mass is 10.2. The summed E-state index contributed by atoms with van der Waals surface area (Å²) in [6.07, 6.45) is 0. The van der Waals surface area contributed by atoms with Crippen LogP contribution in [-0.4, -0.2) is 50.1 Å². The van der Waals surface area contributed by atoms with Gasteiger partial charge in [-0.2, -0.15) is 0 Å². The first-order valence-corrected chi connectivity index (χ1v) is 9.73. The minimum absolute atomic E-state index is 0. The number of guanidine groups is 1. The van der Waals surface area contributed by atoms with Gasteiger partial charge in [-0.25, -0.2) is 4.99 Å². The molecule has 2 aromatic carbocycles. The zero-order valence-corrected chi connectivity index (χ0v) is 20.2. The van der Waals surface area contributed by atoms with E-state index in [0.717, 1.165) is 23.8 Å². The van der Waals surface area contributed by atoms with E-state index < -0.39 is 5.91 Å². The van der Waals surface area contributed by atoms with Gasteiger partial charge in [-0.15, -0.1) is 24.0 Å². The number of hydrogen-bond donors (Lipinski definition) is 2. The summed E-state index contributed by atoms with van der Waals surface area (Å²) in [4.78, 5) is 17.5. The number of aliphatic imine (C=N–C) groups is 1. The maximum absolute atomic E-state index is 10.9. The van der Waals surface area contributed by atoms with Gasteiger partial charge in [0.15, 0.2) is 12.6 Å². The first-order valence-electron chi connectivity index (χ1n) is 9.35. The van der Waals surface area contributed by atoms with Gasteiger partial charge in [0.2, 0.25) is 0 Å². The molecule has 1 amide bonds. The number of likely N-dealkylation sites (N-methyl/N-ethyl adjacent to an activating group) is 1. The van der Waals surface area contributed by atoms with Gasteiger partial charge in [0.05, 0.1) is 13.1 Å². The molecule has 0 radical (unpaired) electrons. The number of nitrogens with one attached hydrogen (secondary N) is 1. The molecular weight excluding hydrogens is 519 g/mol. The molecule has 3 N–H and O–H groups in total. The van der Waals surface area contributed by atoms with Crippen LogP contribution >= 0.6 is 35.6 Å². The van der Waals surface area contributed by atoms with Crippen molar-refractivity contribution in [2.24, 2.45) is 10.7 Å². The number of nitrogens with two attached hydrogens (primary N) is 1. The second-order valence-corrected chi connectivity index (χ2v) is 6.74. The number of ether oxygens (including phenoxy) is 2. The Hall–Kier alpha value is -2.20. The van der Waals surface area contributed by atoms with Crippen molar-refractivity contribution in [3.8, 4) is 11.5 Å². The molecule has 0 aliphatic carbocycles. The first kappa shape index (κ1) is 25.8. The van der Waals surface area contributed by atoms with Gasteiger partial charge in [-0.3, -0.25) is 4.79 Å². The Bertz CT molecular complexity index is 835. The molecule has 2 aromatic rings. The van der Waals surface area contributed by atoms with E-state index >= 15 is 0 Å². The third kappa shape index (κ3) is 9.53. The Balaban J connectivity index is 0.00000450. The Labute approximate surface area is 199 Å². The molecule has 0 aliphatic rings. The van der Waals surface area contributed by atoms with Crippen LogP contribution in [0.15, 0.2) is 53.5 Å². The van der Waals surface area contributed by atoms with Gasteiger partial charge in [0, 0.05) is 18.6 Å². The Morgan fingerprint density at radius 3 is 2.53 bits per heavy atom. The topological polar surface area (TPSA) is 89.2 Å². The van der Waals surface area contributed by atoms with Gasteiger partial charge in [0.25, 0.3) is 5.91 Å². The number of nitrogens with zero attached hydrogens (tertiary/aromatic N) is 2. The quantitative estimate of drug-likeness (QED) is 0.271. The van der Waals surface area contributed by atoms with E-state index in [9.17, 15) is 4.79 Å². The lowest BCUT2D eigenvalue weighted by Crippen LogP contribution is -2.40. The van der Waals surface area contributed by atoms with E-state index in [1.54, 1.807) is 12.1 Å². The Morgan fingerprint density at radius 2 is 1.87 bits per heavy atom. The van der Waals surface area contributed by atoms with Gasteiger partial charge in [-0.05, 0) is 42.8 Å². The van der Waals surface area contributed by atoms with Crippen LogP contribution in [0, 0.1) is 0 Å². The van der Waals surface area contributed by atoms with Gasteiger partial charge in [-0.1, -0.05) is 29.8 Å². The van der Waals surface area contributed by atoms with E-state index in [1.807, 2.05) is 55.3 Å². The third-order valence-electron chi connectivity index (χ3n) is 3.88. The standard InChI is InChI=1S/C21H27ClN4O3.HI/c1-3-24-21(26(2)10-11-28-19-9-5-7-17(22)13-19)25-14-16-6-4-8-18(12-16)29-15-20(23)27;/h4-9,12-13H,3,10-11,14-15H2,1-2H3,(H2,23,27)(H,24,25);1H. The summed E-state index contributed by atoms with van der Waals surface area (Å²) in [5.41, 5.74) is 6.08. The summed E-state index contributed by atoms with van der Waals surface area (Å²) in [6.45, 7) is 4.24. The molecule has 0 atom stereocenters. The van der Waals surface area contributed by atoms with Crippen molar-refractivity contribution >= 4 is 47.4 Å². The predicted molar refractivity (Wildman–Crippen MR) is 131 cm³/mol. The fraction of sp³-hybridized carbons (Fsp3) is 0.333. The minimum Gasteiger partial charge on any atom is -0.492 e. The van der Waals surface area contributed by atoms with Crippen molar-refractivity contribution in [2.45, 2.75) is 13.5 Å². The van der Waals surface area contributed by atoms with Crippen molar-refractivity contribution in [1.82, 2.24) is 10.2 Å². The minimum atomic E-state index is -0.510. The highest BCUT2D eigenvalue weighted by Gasteiger charge is 2.07. The van der Waals surface area contributed by atoms with Crippen molar-refractivity contribution in [2.75, 3.05) is 33.4 Å². The molecule has 0 aromatic heterocycles. The fourth-order valence-electron chi connectivity index (χ4n) is 2.49. The van der Waals surface area contributed by atoms with E-state index in [1.165, 1.54) is 0 Å². The summed E-state index contributed by atoms with van der Waals surface area (Å²) in [5.74, 6) is 1.58. The number of halogens is 2. The summed E-state index contributed by atoms with van der Waals surface area (Å²) < 4.78 is 11.1. The number of benzene rings is 2. The van der Waals surface area contributed by atoms with Crippen LogP contribution in [0.2, 0.25) is 5.02 Å². The van der Waals surface area contributed by atoms with Crippen LogP contribution in [-0.2, 0) is 11.3 Å². The highest BCUT2D eigenvalue weighted by molar-refractivity contribution is 14.0. The molecule has 7 nitrogen and oxygen atoms in total. The van der Waals surface area contributed by atoms with Gasteiger partial charge in [0.1, 0.15) is 18.1 Å². The highest BCUT2D eigenvalue weighted by Crippen LogP contribution is 2.17. The molecule has 0 spiro atoms. The maximum atomic E-state index is 10.9. The van der Waals surface area contributed by atoms with Crippen LogP contribution in [0.4, 0.5) is 0 Å². The van der Waals surface area contributed by atoms with Crippen LogP contribution in [0.1, 0.15) is 12.5 Å². The lowest BCUT2D eigenvalue weighted by Gasteiger charge is -2.22. The molecule has 9 heteroatoms. The number of carbonyl (C=O) groups is 1. The number of amides is 1. The van der Waals surface area contributed by atoms with E-state index in [4.69, 9.17) is 26.8 Å². The fourth-order valence-corrected chi connectivity index (χ4v) is 2.67. The monoisotopic (exact) mass is 546 g/mol. The van der Waals surface area contributed by atoms with Gasteiger partial charge < -0.3 is 25.4 Å². The molecule has 0 saturated heterocycles. The smallest absolute Gasteiger partial charge is 0.255 e. The van der Waals surface area contributed by atoms with Crippen molar-refractivity contribution < 1.29 is 14.3 Å². The van der Waals surface area contributed by atoms with Crippen LogP contribution in [0.25, 0.3) is 0 Å². The number of primary amides is 1. The summed E-state index contributed by atoms with van der Waals surface area (Å²) in [6, 6.07) is 14.8. The third-order valence-corrected chi connectivity index (χ3v) is 4.11. The molecule has 0 heterocycles. The van der Waals surface area contributed by atoms with E-state index in [0.29, 0.717) is 30.5 Å². The van der Waals surface area contributed by atoms with E-state index in [-0.39, 0.29) is 30.6 Å². The normalized spacial score (nSPS) is 10.7. The van der Waals surface area contributed by atoms with Gasteiger partial charge >= 0.3 is 0 Å². The SMILES string of the molecule is CCNC(=NCc1cccc(OCC(N)=O)c1)N(C)CCOc1cccc(Cl)c1.I. The second kappa shape index (κ2) is 13.9. The predicted octanol–water partition coefficient (Wildman–Crippen LogP) is 3.30. The van der Waals surface area contributed by atoms with Crippen molar-refractivity contribution in [1.29, 1.82) is 0 Å². The molecule has 2 rings (SSSR count). The number of carbonyl (C=O) groups excluding carboxylic acids is 1. The van der Waals surface area contributed by atoms with Crippen molar-refractivity contribution in [3.05, 3.63) is 59.1 Å². The Kier molecular flexibility index (Phi) is 12.0. The number of hydrogen-bond acceptors (Lipinski definition) is 4. The summed E-state index contributed by atoms with van der Waals surface area (Å²) >= 11 is 5.97. The largest absolute Gasteiger partial charge is 0.492 e. The van der Waals surface area contributed by atoms with E-state index in [2.05, 4.69) is 10.3 Å². The van der Waals surface area contributed by atoms with Crippen LogP contribution in [0.5, 0.6) is 11.5 Å². The first-order chi connectivity index (χ1) is 14.0. The second-order valence-electron chi connectivity index (χ2n) is 6.30. The average Bonchev–Trinajstić information content (AvgIpc) is 2.70. The molecule has 164 valence electrons. The molecule has 0 unspecified atom stereocenters. The molecule has 0 fully saturated rings. The Morgan fingerprint density at radius 1 is 1.17 bits per heavy atom. The zero-order valence-electron chi connectivity index (χ0n) is 17.1. The summed E-state index contributed by atoms with van der Waals surface area (Å²) in [5, 5.41) is 3.92. The van der Waals surface area contributed by atoms with Crippen LogP contribution < -0.4 is 20.5 Å². The average molecular weight is 547 g/mol. The zero-order chi connectivity index (χ0) is 21.1. The maximum Gasteiger partial charge on any atom is 0.255 e. The molecule has 0 saturated carbocycles. The molecule has 30 heavy (non-hydrogen) atoms. The molecule has 0 aliphatic heterocycles. The summed E-state index contributed by atoms with van der Waals surface area (Å²) in [7, 11) is 1.95. The molecule has 0 bridgehead atoms. The lowest BCUT2D eigenvalue weighted by molar-refractivity contribution is -0.119. The van der Waals surface area contributed by atoms with Crippen LogP contribution in [0.3, 0.4) is 0 Å². The number of rotatable bonds is 10. The highest BCUT2D eigenvalue weighted by atomic mass is 127. The van der Waals surface area contributed by atoms with Crippen molar-refractivity contribution in [3.63, 3.8) is 0 Å². The molecular formula is C21H28ClIN4O3.